The topological polar surface area (TPSA) is 78.8 Å². The van der Waals surface area contributed by atoms with Gasteiger partial charge in [-0.15, -0.1) is 0 Å². The zero-order chi connectivity index (χ0) is 11.6. The van der Waals surface area contributed by atoms with Gasteiger partial charge < -0.3 is 20.3 Å². The lowest BCUT2D eigenvalue weighted by Crippen LogP contribution is -2.60. The molecule has 1 rings (SSSR count). The molecule has 0 saturated carbocycles. The first-order chi connectivity index (χ1) is 6.97. The molecule has 5 nitrogen and oxygen atoms in total. The summed E-state index contributed by atoms with van der Waals surface area (Å²) in [5.41, 5.74) is 0. The van der Waals surface area contributed by atoms with E-state index in [1.165, 1.54) is 6.92 Å². The Morgan fingerprint density at radius 1 is 1.47 bits per heavy atom. The molecule has 0 bridgehead atoms. The quantitative estimate of drug-likeness (QED) is 0.569. The van der Waals surface area contributed by atoms with Crippen molar-refractivity contribution < 1.29 is 19.7 Å². The number of aliphatic hydroxyl groups is 2. The summed E-state index contributed by atoms with van der Waals surface area (Å²) in [6, 6.07) is -0.529. The fraction of sp³-hybridized carbons (Fsp3) is 0.900. The van der Waals surface area contributed by atoms with Gasteiger partial charge in [-0.05, 0) is 6.92 Å². The van der Waals surface area contributed by atoms with Crippen LogP contribution in [0, 0.1) is 5.92 Å². The summed E-state index contributed by atoms with van der Waals surface area (Å²) in [4.78, 5) is 10.9. The van der Waals surface area contributed by atoms with Crippen molar-refractivity contribution in [3.63, 3.8) is 0 Å². The fourth-order valence-electron chi connectivity index (χ4n) is 1.88. The van der Waals surface area contributed by atoms with Crippen LogP contribution in [0.1, 0.15) is 20.8 Å². The molecule has 88 valence electrons. The smallest absolute Gasteiger partial charge is 0.217 e. The maximum Gasteiger partial charge on any atom is 0.217 e. The van der Waals surface area contributed by atoms with Crippen molar-refractivity contribution in [2.75, 3.05) is 6.61 Å². The average molecular weight is 217 g/mol. The van der Waals surface area contributed by atoms with E-state index < -0.39 is 18.2 Å². The first-order valence-corrected chi connectivity index (χ1v) is 5.18. The van der Waals surface area contributed by atoms with Gasteiger partial charge in [-0.3, -0.25) is 4.79 Å². The molecule has 5 heteroatoms. The van der Waals surface area contributed by atoms with Gasteiger partial charge in [0, 0.05) is 12.8 Å². The van der Waals surface area contributed by atoms with Gasteiger partial charge in [0.15, 0.2) is 0 Å². The second-order valence-electron chi connectivity index (χ2n) is 4.14. The van der Waals surface area contributed by atoms with E-state index in [1.807, 2.05) is 13.8 Å². The normalized spacial score (nSPS) is 41.3. The average Bonchev–Trinajstić information content (AvgIpc) is 2.18. The van der Waals surface area contributed by atoms with E-state index in [0.717, 1.165) is 0 Å². The molecule has 0 radical (unpaired) electrons. The van der Waals surface area contributed by atoms with Gasteiger partial charge >= 0.3 is 0 Å². The van der Waals surface area contributed by atoms with Crippen LogP contribution in [0.2, 0.25) is 0 Å². The lowest BCUT2D eigenvalue weighted by molar-refractivity contribution is -0.160. The highest BCUT2D eigenvalue weighted by Crippen LogP contribution is 2.25. The molecule has 0 spiro atoms. The molecular weight excluding hydrogens is 198 g/mol. The molecule has 0 aromatic carbocycles. The number of ether oxygens (including phenoxy) is 1. The highest BCUT2D eigenvalue weighted by molar-refractivity contribution is 5.73. The van der Waals surface area contributed by atoms with E-state index >= 15 is 0 Å². The van der Waals surface area contributed by atoms with Gasteiger partial charge in [0.25, 0.3) is 0 Å². The number of hydrogen-bond donors (Lipinski definition) is 3. The third kappa shape index (κ3) is 2.68. The Labute approximate surface area is 89.4 Å². The van der Waals surface area contributed by atoms with Crippen LogP contribution < -0.4 is 5.32 Å². The van der Waals surface area contributed by atoms with Crippen LogP contribution in [0.15, 0.2) is 0 Å². The van der Waals surface area contributed by atoms with Crippen LogP contribution in [-0.4, -0.2) is 47.1 Å². The number of hydrogen-bond acceptors (Lipinski definition) is 4. The minimum atomic E-state index is -0.685. The highest BCUT2D eigenvalue weighted by Gasteiger charge is 2.41. The van der Waals surface area contributed by atoms with Crippen molar-refractivity contribution in [3.05, 3.63) is 0 Å². The van der Waals surface area contributed by atoms with Crippen molar-refractivity contribution >= 4 is 5.91 Å². The molecule has 3 N–H and O–H groups in total. The summed E-state index contributed by atoms with van der Waals surface area (Å²) in [6.07, 6.45) is -1.34. The monoisotopic (exact) mass is 217 g/mol. The number of aliphatic hydroxyl groups excluding tert-OH is 2. The van der Waals surface area contributed by atoms with Crippen molar-refractivity contribution in [2.24, 2.45) is 5.92 Å². The van der Waals surface area contributed by atoms with Crippen LogP contribution in [0.4, 0.5) is 0 Å². The fourth-order valence-corrected chi connectivity index (χ4v) is 1.88. The first kappa shape index (κ1) is 12.4. The third-order valence-electron chi connectivity index (χ3n) is 2.99. The van der Waals surface area contributed by atoms with Crippen LogP contribution in [0.3, 0.4) is 0 Å². The molecule has 1 aliphatic heterocycles. The number of rotatable bonds is 2. The summed E-state index contributed by atoms with van der Waals surface area (Å²) in [5.74, 6) is -0.299. The zero-order valence-electron chi connectivity index (χ0n) is 9.30. The van der Waals surface area contributed by atoms with Gasteiger partial charge in [-0.2, -0.15) is 0 Å². The maximum absolute atomic E-state index is 10.9. The third-order valence-corrected chi connectivity index (χ3v) is 2.99. The molecule has 0 aliphatic carbocycles. The lowest BCUT2D eigenvalue weighted by Gasteiger charge is -2.42. The number of nitrogens with one attached hydrogen (secondary N) is 1. The number of amides is 1. The molecule has 1 amide bonds. The van der Waals surface area contributed by atoms with Gasteiger partial charge in [0.2, 0.25) is 5.91 Å². The molecule has 0 aromatic rings. The van der Waals surface area contributed by atoms with Gasteiger partial charge in [-0.25, -0.2) is 0 Å². The maximum atomic E-state index is 10.9. The van der Waals surface area contributed by atoms with E-state index in [-0.39, 0.29) is 24.5 Å². The Morgan fingerprint density at radius 2 is 2.07 bits per heavy atom. The van der Waals surface area contributed by atoms with Crippen LogP contribution >= 0.6 is 0 Å². The lowest BCUT2D eigenvalue weighted by atomic mass is 9.87. The highest BCUT2D eigenvalue weighted by atomic mass is 16.5. The summed E-state index contributed by atoms with van der Waals surface area (Å²) in [6.45, 7) is 4.88. The Morgan fingerprint density at radius 3 is 2.53 bits per heavy atom. The zero-order valence-corrected chi connectivity index (χ0v) is 9.30. The predicted octanol–water partition coefficient (Wildman–Crippen LogP) is -0.732. The summed E-state index contributed by atoms with van der Waals surface area (Å²) >= 11 is 0. The van der Waals surface area contributed by atoms with Crippen LogP contribution in [-0.2, 0) is 9.53 Å². The molecule has 1 aliphatic rings. The minimum absolute atomic E-state index is 0.0651. The van der Waals surface area contributed by atoms with Gasteiger partial charge in [-0.1, -0.05) is 6.92 Å². The first-order valence-electron chi connectivity index (χ1n) is 5.18. The Hall–Kier alpha value is -0.650. The van der Waals surface area contributed by atoms with Crippen molar-refractivity contribution in [2.45, 2.75) is 45.1 Å². The van der Waals surface area contributed by atoms with Gasteiger partial charge in [0.1, 0.15) is 6.10 Å². The van der Waals surface area contributed by atoms with Crippen molar-refractivity contribution in [1.29, 1.82) is 0 Å². The molecule has 5 atom stereocenters. The van der Waals surface area contributed by atoms with E-state index in [1.54, 1.807) is 0 Å². The Bertz CT molecular complexity index is 231. The predicted molar refractivity (Wildman–Crippen MR) is 54.2 cm³/mol. The molecule has 0 aromatic heterocycles. The Kier molecular flexibility index (Phi) is 4.07. The number of carbonyl (C=O) groups is 1. The van der Waals surface area contributed by atoms with Crippen molar-refractivity contribution in [1.82, 2.24) is 5.32 Å². The van der Waals surface area contributed by atoms with E-state index in [2.05, 4.69) is 5.32 Å². The summed E-state index contributed by atoms with van der Waals surface area (Å²) in [5, 5.41) is 21.7. The minimum Gasteiger partial charge on any atom is -0.394 e. The van der Waals surface area contributed by atoms with Gasteiger partial charge in [0.05, 0.1) is 24.9 Å². The number of carbonyl (C=O) groups excluding carboxylic acids is 1. The molecule has 1 heterocycles. The molecule has 15 heavy (non-hydrogen) atoms. The molecule has 1 fully saturated rings. The Balaban J connectivity index is 2.75. The second kappa shape index (κ2) is 4.92. The molecule has 1 saturated heterocycles. The summed E-state index contributed by atoms with van der Waals surface area (Å²) in [7, 11) is 0. The van der Waals surface area contributed by atoms with E-state index in [4.69, 9.17) is 9.84 Å². The van der Waals surface area contributed by atoms with Crippen molar-refractivity contribution in [3.8, 4) is 0 Å². The SMILES string of the molecule is CC(=O)NC1[C@H](CO)OC(C)[C@@H](C)[C@H]1O. The largest absolute Gasteiger partial charge is 0.394 e. The summed E-state index contributed by atoms with van der Waals surface area (Å²) < 4.78 is 5.51. The standard InChI is InChI=1S/C10H19NO4/c1-5-6(2)15-8(4-12)9(10(5)14)11-7(3)13/h5-6,8-10,12,14H,4H2,1-3H3,(H,11,13)/t5-,6?,8+,9?,10-/m1/s1. The van der Waals surface area contributed by atoms with Crippen LogP contribution in [0.25, 0.3) is 0 Å². The second-order valence-corrected chi connectivity index (χ2v) is 4.14. The van der Waals surface area contributed by atoms with E-state index in [0.29, 0.717) is 0 Å². The van der Waals surface area contributed by atoms with Crippen LogP contribution in [0.5, 0.6) is 0 Å². The molecular formula is C10H19NO4. The molecule has 2 unspecified atom stereocenters. The van der Waals surface area contributed by atoms with E-state index in [9.17, 15) is 9.90 Å².